The van der Waals surface area contributed by atoms with Crippen molar-refractivity contribution in [2.24, 2.45) is 0 Å². The zero-order chi connectivity index (χ0) is 13.9. The van der Waals surface area contributed by atoms with Crippen molar-refractivity contribution >= 4 is 10.0 Å². The van der Waals surface area contributed by atoms with E-state index in [4.69, 9.17) is 0 Å². The average Bonchev–Trinajstić information content (AvgIpc) is 3.19. The van der Waals surface area contributed by atoms with E-state index in [1.54, 1.807) is 6.92 Å². The van der Waals surface area contributed by atoms with Gasteiger partial charge in [-0.1, -0.05) is 6.92 Å². The summed E-state index contributed by atoms with van der Waals surface area (Å²) >= 11 is 0. The molecule has 6 heteroatoms. The minimum absolute atomic E-state index is 0.0853. The summed E-state index contributed by atoms with van der Waals surface area (Å²) in [5.74, 6) is 0. The van der Waals surface area contributed by atoms with Crippen LogP contribution in [-0.2, 0) is 10.0 Å². The van der Waals surface area contributed by atoms with Gasteiger partial charge in [0.1, 0.15) is 0 Å². The van der Waals surface area contributed by atoms with Gasteiger partial charge in [-0.15, -0.1) is 0 Å². The van der Waals surface area contributed by atoms with Gasteiger partial charge in [-0.25, -0.2) is 13.1 Å². The van der Waals surface area contributed by atoms with Crippen LogP contribution in [0.5, 0.6) is 0 Å². The highest BCUT2D eigenvalue weighted by Crippen LogP contribution is 2.19. The summed E-state index contributed by atoms with van der Waals surface area (Å²) in [5.41, 5.74) is 0. The Morgan fingerprint density at radius 2 is 2.00 bits per heavy atom. The molecule has 1 saturated heterocycles. The van der Waals surface area contributed by atoms with E-state index in [-0.39, 0.29) is 11.3 Å². The number of nitrogens with one attached hydrogen (secondary N) is 2. The second-order valence-corrected chi connectivity index (χ2v) is 8.02. The van der Waals surface area contributed by atoms with Gasteiger partial charge in [0.25, 0.3) is 0 Å². The SMILES string of the molecule is CCN1CCCC(NS(=O)(=O)C(C)CNC2CC2)C1. The lowest BCUT2D eigenvalue weighted by molar-refractivity contribution is 0.211. The van der Waals surface area contributed by atoms with Crippen LogP contribution < -0.4 is 10.0 Å². The second kappa shape index (κ2) is 6.52. The van der Waals surface area contributed by atoms with Crippen molar-refractivity contribution in [3.8, 4) is 0 Å². The van der Waals surface area contributed by atoms with Gasteiger partial charge in [0.05, 0.1) is 5.25 Å². The molecule has 0 bridgehead atoms. The second-order valence-electron chi connectivity index (χ2n) is 5.89. The van der Waals surface area contributed by atoms with Crippen molar-refractivity contribution in [2.45, 2.75) is 56.9 Å². The molecule has 1 aliphatic carbocycles. The maximum absolute atomic E-state index is 12.3. The Morgan fingerprint density at radius 3 is 2.63 bits per heavy atom. The molecule has 2 rings (SSSR count). The summed E-state index contributed by atoms with van der Waals surface area (Å²) in [6.07, 6.45) is 4.41. The van der Waals surface area contributed by atoms with E-state index in [1.807, 2.05) is 0 Å². The fourth-order valence-corrected chi connectivity index (χ4v) is 3.72. The van der Waals surface area contributed by atoms with Crippen LogP contribution in [-0.4, -0.2) is 56.8 Å². The van der Waals surface area contributed by atoms with Crippen LogP contribution >= 0.6 is 0 Å². The fourth-order valence-electron chi connectivity index (χ4n) is 2.52. The number of likely N-dealkylation sites (N-methyl/N-ethyl adjacent to an activating group) is 1. The predicted octanol–water partition coefficient (Wildman–Crippen LogP) is 0.531. The quantitative estimate of drug-likeness (QED) is 0.718. The van der Waals surface area contributed by atoms with Crippen molar-refractivity contribution < 1.29 is 8.42 Å². The van der Waals surface area contributed by atoms with Crippen LogP contribution in [0.3, 0.4) is 0 Å². The summed E-state index contributed by atoms with van der Waals surface area (Å²) in [5, 5.41) is 2.93. The highest BCUT2D eigenvalue weighted by Gasteiger charge is 2.29. The molecule has 0 radical (unpaired) electrons. The van der Waals surface area contributed by atoms with E-state index < -0.39 is 10.0 Å². The normalized spacial score (nSPS) is 27.4. The molecule has 2 fully saturated rings. The van der Waals surface area contributed by atoms with Gasteiger partial charge >= 0.3 is 0 Å². The molecule has 2 atom stereocenters. The Hall–Kier alpha value is -0.170. The molecule has 0 aromatic carbocycles. The third-order valence-corrected chi connectivity index (χ3v) is 5.97. The summed E-state index contributed by atoms with van der Waals surface area (Å²) in [6, 6.07) is 0.644. The minimum atomic E-state index is -3.20. The lowest BCUT2D eigenvalue weighted by Crippen LogP contribution is -2.50. The molecule has 0 aromatic heterocycles. The van der Waals surface area contributed by atoms with Crippen LogP contribution in [0.15, 0.2) is 0 Å². The first-order chi connectivity index (χ1) is 9.01. The Labute approximate surface area is 117 Å². The van der Waals surface area contributed by atoms with Crippen LogP contribution in [0.1, 0.15) is 39.5 Å². The number of sulfonamides is 1. The number of likely N-dealkylation sites (tertiary alicyclic amines) is 1. The maximum atomic E-state index is 12.3. The van der Waals surface area contributed by atoms with Crippen molar-refractivity contribution in [3.05, 3.63) is 0 Å². The Balaban J connectivity index is 1.81. The monoisotopic (exact) mass is 289 g/mol. The number of rotatable bonds is 7. The Kier molecular flexibility index (Phi) is 5.22. The van der Waals surface area contributed by atoms with Crippen molar-refractivity contribution in [3.63, 3.8) is 0 Å². The molecule has 5 nitrogen and oxygen atoms in total. The molecule has 2 N–H and O–H groups in total. The molecule has 1 saturated carbocycles. The fraction of sp³-hybridized carbons (Fsp3) is 1.00. The standard InChI is InChI=1S/C13H27N3O2S/c1-3-16-8-4-5-13(10-16)15-19(17,18)11(2)9-14-12-6-7-12/h11-15H,3-10H2,1-2H3. The van der Waals surface area contributed by atoms with Crippen molar-refractivity contribution in [1.82, 2.24) is 14.9 Å². The lowest BCUT2D eigenvalue weighted by atomic mass is 10.1. The average molecular weight is 289 g/mol. The van der Waals surface area contributed by atoms with Gasteiger partial charge in [0.2, 0.25) is 10.0 Å². The summed E-state index contributed by atoms with van der Waals surface area (Å²) in [6.45, 7) is 7.41. The van der Waals surface area contributed by atoms with E-state index >= 15 is 0 Å². The Bertz CT molecular complexity index is 381. The van der Waals surface area contributed by atoms with Gasteiger partial charge in [-0.2, -0.15) is 0 Å². The molecule has 2 aliphatic rings. The van der Waals surface area contributed by atoms with E-state index in [0.29, 0.717) is 12.6 Å². The van der Waals surface area contributed by atoms with Crippen LogP contribution in [0, 0.1) is 0 Å². The molecular formula is C13H27N3O2S. The predicted molar refractivity (Wildman–Crippen MR) is 77.7 cm³/mol. The number of piperidine rings is 1. The third-order valence-electron chi connectivity index (χ3n) is 4.08. The highest BCUT2D eigenvalue weighted by molar-refractivity contribution is 7.90. The van der Waals surface area contributed by atoms with Crippen molar-refractivity contribution in [2.75, 3.05) is 26.2 Å². The van der Waals surface area contributed by atoms with Crippen LogP contribution in [0.25, 0.3) is 0 Å². The molecule has 2 unspecified atom stereocenters. The van der Waals surface area contributed by atoms with Gasteiger partial charge in [-0.3, -0.25) is 0 Å². The number of hydrogen-bond donors (Lipinski definition) is 2. The smallest absolute Gasteiger partial charge is 0.215 e. The first kappa shape index (κ1) is 15.2. The highest BCUT2D eigenvalue weighted by atomic mass is 32.2. The zero-order valence-electron chi connectivity index (χ0n) is 12.1. The van der Waals surface area contributed by atoms with E-state index in [1.165, 1.54) is 12.8 Å². The van der Waals surface area contributed by atoms with Crippen molar-refractivity contribution in [1.29, 1.82) is 0 Å². The molecule has 0 spiro atoms. The molecule has 0 aromatic rings. The number of nitrogens with zero attached hydrogens (tertiary/aromatic N) is 1. The zero-order valence-corrected chi connectivity index (χ0v) is 12.9. The van der Waals surface area contributed by atoms with E-state index in [9.17, 15) is 8.42 Å². The molecule has 0 amide bonds. The molecule has 1 heterocycles. The largest absolute Gasteiger partial charge is 0.313 e. The maximum Gasteiger partial charge on any atom is 0.215 e. The first-order valence-corrected chi connectivity index (χ1v) is 9.02. The van der Waals surface area contributed by atoms with Gasteiger partial charge in [0, 0.05) is 25.2 Å². The first-order valence-electron chi connectivity index (χ1n) is 7.48. The molecule has 1 aliphatic heterocycles. The minimum Gasteiger partial charge on any atom is -0.313 e. The van der Waals surface area contributed by atoms with E-state index in [0.717, 1.165) is 32.5 Å². The Morgan fingerprint density at radius 1 is 1.26 bits per heavy atom. The lowest BCUT2D eigenvalue weighted by Gasteiger charge is -2.32. The van der Waals surface area contributed by atoms with E-state index in [2.05, 4.69) is 21.9 Å². The summed E-state index contributed by atoms with van der Waals surface area (Å²) in [7, 11) is -3.20. The van der Waals surface area contributed by atoms with Crippen LogP contribution in [0.4, 0.5) is 0 Å². The topological polar surface area (TPSA) is 61.4 Å². The van der Waals surface area contributed by atoms with Gasteiger partial charge < -0.3 is 10.2 Å². The van der Waals surface area contributed by atoms with Gasteiger partial charge in [0.15, 0.2) is 0 Å². The third kappa shape index (κ3) is 4.70. The summed E-state index contributed by atoms with van der Waals surface area (Å²) in [4.78, 5) is 2.31. The molecular weight excluding hydrogens is 262 g/mol. The molecule has 112 valence electrons. The van der Waals surface area contributed by atoms with Gasteiger partial charge in [-0.05, 0) is 45.7 Å². The van der Waals surface area contributed by atoms with Crippen LogP contribution in [0.2, 0.25) is 0 Å². The molecule has 19 heavy (non-hydrogen) atoms. The summed E-state index contributed by atoms with van der Waals surface area (Å²) < 4.78 is 27.4. The number of hydrogen-bond acceptors (Lipinski definition) is 4.